The third-order valence-electron chi connectivity index (χ3n) is 3.02. The summed E-state index contributed by atoms with van der Waals surface area (Å²) in [6.45, 7) is 4.85. The van der Waals surface area contributed by atoms with Crippen LogP contribution in [0.15, 0.2) is 41.0 Å². The first-order chi connectivity index (χ1) is 9.70. The van der Waals surface area contributed by atoms with Crippen LogP contribution in [0.5, 0.6) is 5.75 Å². The molecule has 2 aromatic rings. The molecule has 1 unspecified atom stereocenters. The first kappa shape index (κ1) is 14.3. The van der Waals surface area contributed by atoms with Gasteiger partial charge in [-0.25, -0.2) is 0 Å². The Kier molecular flexibility index (Phi) is 4.93. The van der Waals surface area contributed by atoms with E-state index < -0.39 is 0 Å². The second-order valence-corrected chi connectivity index (χ2v) is 4.89. The van der Waals surface area contributed by atoms with Crippen molar-refractivity contribution in [3.63, 3.8) is 0 Å². The molecule has 0 amide bonds. The fraction of sp³-hybridized carbons (Fsp3) is 0.375. The van der Waals surface area contributed by atoms with Crippen molar-refractivity contribution in [3.8, 4) is 5.75 Å². The monoisotopic (exact) mass is 274 g/mol. The summed E-state index contributed by atoms with van der Waals surface area (Å²) < 4.78 is 11.0. The van der Waals surface area contributed by atoms with Gasteiger partial charge in [-0.15, -0.1) is 0 Å². The second kappa shape index (κ2) is 6.89. The third-order valence-corrected chi connectivity index (χ3v) is 3.02. The second-order valence-electron chi connectivity index (χ2n) is 4.89. The number of benzene rings is 1. The minimum absolute atomic E-state index is 0.227. The van der Waals surface area contributed by atoms with E-state index in [-0.39, 0.29) is 6.04 Å². The van der Waals surface area contributed by atoms with Crippen LogP contribution in [0.1, 0.15) is 26.0 Å². The van der Waals surface area contributed by atoms with E-state index in [1.165, 1.54) is 0 Å². The normalized spacial score (nSPS) is 12.1. The molecule has 0 saturated carbocycles. The van der Waals surface area contributed by atoms with E-state index in [0.717, 1.165) is 30.0 Å². The Labute approximate surface area is 119 Å². The average Bonchev–Trinajstić information content (AvgIpc) is 2.92. The minimum atomic E-state index is 0.227. The molecular formula is C16H22N2O2. The third kappa shape index (κ3) is 3.70. The van der Waals surface area contributed by atoms with Crippen LogP contribution in [-0.2, 0) is 6.42 Å². The van der Waals surface area contributed by atoms with Crippen LogP contribution >= 0.6 is 0 Å². The number of hydrogen-bond donors (Lipinski definition) is 2. The Morgan fingerprint density at radius 1 is 1.30 bits per heavy atom. The largest absolute Gasteiger partial charge is 0.491 e. The molecule has 4 heteroatoms. The van der Waals surface area contributed by atoms with Crippen LogP contribution < -0.4 is 15.8 Å². The molecule has 0 spiro atoms. The first-order valence-electron chi connectivity index (χ1n) is 7.01. The fourth-order valence-corrected chi connectivity index (χ4v) is 2.05. The predicted octanol–water partition coefficient (Wildman–Crippen LogP) is 3.69. The summed E-state index contributed by atoms with van der Waals surface area (Å²) in [5.74, 6) is 1.70. The molecule has 1 heterocycles. The number of rotatable bonds is 7. The van der Waals surface area contributed by atoms with Crippen LogP contribution in [-0.4, -0.2) is 12.6 Å². The topological polar surface area (TPSA) is 60.4 Å². The van der Waals surface area contributed by atoms with Crippen LogP contribution in [0, 0.1) is 0 Å². The summed E-state index contributed by atoms with van der Waals surface area (Å²) in [4.78, 5) is 0. The molecule has 0 bridgehead atoms. The van der Waals surface area contributed by atoms with Gasteiger partial charge in [0.1, 0.15) is 11.5 Å². The summed E-state index contributed by atoms with van der Waals surface area (Å²) in [5, 5.41) is 3.40. The van der Waals surface area contributed by atoms with Crippen LogP contribution in [0.25, 0.3) is 0 Å². The average molecular weight is 274 g/mol. The van der Waals surface area contributed by atoms with Gasteiger partial charge in [0.2, 0.25) is 0 Å². The molecule has 2 rings (SSSR count). The minimum Gasteiger partial charge on any atom is -0.491 e. The molecule has 4 nitrogen and oxygen atoms in total. The van der Waals surface area contributed by atoms with Gasteiger partial charge in [0.05, 0.1) is 24.2 Å². The Morgan fingerprint density at radius 2 is 2.15 bits per heavy atom. The van der Waals surface area contributed by atoms with E-state index in [4.69, 9.17) is 14.9 Å². The number of hydrogen-bond acceptors (Lipinski definition) is 4. The summed E-state index contributed by atoms with van der Waals surface area (Å²) >= 11 is 0. The Bertz CT molecular complexity index is 523. The van der Waals surface area contributed by atoms with Gasteiger partial charge in [0, 0.05) is 12.5 Å². The number of furan rings is 1. The standard InChI is InChI=1S/C16H22N2O2/c1-3-9-20-15-8-4-7-14(16(15)17)18-12(2)11-13-6-5-10-19-13/h4-8,10,12,18H,3,9,11,17H2,1-2H3. The maximum atomic E-state index is 6.13. The fourth-order valence-electron chi connectivity index (χ4n) is 2.05. The lowest BCUT2D eigenvalue weighted by molar-refractivity contribution is 0.319. The summed E-state index contributed by atoms with van der Waals surface area (Å²) in [7, 11) is 0. The van der Waals surface area contributed by atoms with Gasteiger partial charge in [-0.1, -0.05) is 13.0 Å². The Balaban J connectivity index is 2.01. The van der Waals surface area contributed by atoms with Crippen molar-refractivity contribution >= 4 is 11.4 Å². The van der Waals surface area contributed by atoms with E-state index in [1.807, 2.05) is 30.3 Å². The molecule has 108 valence electrons. The highest BCUT2D eigenvalue weighted by atomic mass is 16.5. The zero-order chi connectivity index (χ0) is 14.4. The van der Waals surface area contributed by atoms with Gasteiger partial charge < -0.3 is 20.2 Å². The predicted molar refractivity (Wildman–Crippen MR) is 82.1 cm³/mol. The van der Waals surface area contributed by atoms with E-state index in [1.54, 1.807) is 6.26 Å². The molecule has 0 aliphatic rings. The van der Waals surface area contributed by atoms with Crippen molar-refractivity contribution in [3.05, 3.63) is 42.4 Å². The van der Waals surface area contributed by atoms with Crippen molar-refractivity contribution < 1.29 is 9.15 Å². The molecule has 1 aromatic carbocycles. The number of nitrogens with two attached hydrogens (primary N) is 1. The molecule has 0 radical (unpaired) electrons. The zero-order valence-corrected chi connectivity index (χ0v) is 12.1. The van der Waals surface area contributed by atoms with Gasteiger partial charge >= 0.3 is 0 Å². The molecular weight excluding hydrogens is 252 g/mol. The Hall–Kier alpha value is -2.10. The lowest BCUT2D eigenvalue weighted by Gasteiger charge is -2.17. The summed E-state index contributed by atoms with van der Waals surface area (Å²) in [5.41, 5.74) is 7.69. The highest BCUT2D eigenvalue weighted by Crippen LogP contribution is 2.30. The molecule has 20 heavy (non-hydrogen) atoms. The highest BCUT2D eigenvalue weighted by Gasteiger charge is 2.10. The maximum absolute atomic E-state index is 6.13. The number of para-hydroxylation sites is 1. The highest BCUT2D eigenvalue weighted by molar-refractivity contribution is 5.73. The quantitative estimate of drug-likeness (QED) is 0.756. The molecule has 1 atom stereocenters. The van der Waals surface area contributed by atoms with Crippen molar-refractivity contribution in [2.45, 2.75) is 32.7 Å². The van der Waals surface area contributed by atoms with Gasteiger partial charge in [-0.3, -0.25) is 0 Å². The van der Waals surface area contributed by atoms with Crippen molar-refractivity contribution in [2.24, 2.45) is 0 Å². The molecule has 0 saturated heterocycles. The van der Waals surface area contributed by atoms with E-state index in [2.05, 4.69) is 19.2 Å². The van der Waals surface area contributed by atoms with Crippen molar-refractivity contribution in [1.82, 2.24) is 0 Å². The lowest BCUT2D eigenvalue weighted by atomic mass is 10.1. The summed E-state index contributed by atoms with van der Waals surface area (Å²) in [6.07, 6.45) is 3.47. The number of ether oxygens (including phenoxy) is 1. The van der Waals surface area contributed by atoms with Gasteiger partial charge in [0.25, 0.3) is 0 Å². The molecule has 1 aromatic heterocycles. The number of anilines is 2. The maximum Gasteiger partial charge on any atom is 0.144 e. The van der Waals surface area contributed by atoms with Gasteiger partial charge in [-0.05, 0) is 37.6 Å². The van der Waals surface area contributed by atoms with Gasteiger partial charge in [0.15, 0.2) is 0 Å². The van der Waals surface area contributed by atoms with E-state index >= 15 is 0 Å². The number of nitrogen functional groups attached to an aromatic ring is 1. The van der Waals surface area contributed by atoms with Crippen LogP contribution in [0.2, 0.25) is 0 Å². The van der Waals surface area contributed by atoms with E-state index in [9.17, 15) is 0 Å². The van der Waals surface area contributed by atoms with Crippen LogP contribution in [0.3, 0.4) is 0 Å². The zero-order valence-electron chi connectivity index (χ0n) is 12.1. The molecule has 0 fully saturated rings. The lowest BCUT2D eigenvalue weighted by Crippen LogP contribution is -2.18. The SMILES string of the molecule is CCCOc1cccc(NC(C)Cc2ccco2)c1N. The van der Waals surface area contributed by atoms with Crippen molar-refractivity contribution in [1.29, 1.82) is 0 Å². The molecule has 3 N–H and O–H groups in total. The number of nitrogens with one attached hydrogen (secondary N) is 1. The Morgan fingerprint density at radius 3 is 2.85 bits per heavy atom. The smallest absolute Gasteiger partial charge is 0.144 e. The first-order valence-corrected chi connectivity index (χ1v) is 7.01. The van der Waals surface area contributed by atoms with Crippen LogP contribution in [0.4, 0.5) is 11.4 Å². The molecule has 0 aliphatic carbocycles. The van der Waals surface area contributed by atoms with E-state index in [0.29, 0.717) is 12.3 Å². The van der Waals surface area contributed by atoms with Crippen molar-refractivity contribution in [2.75, 3.05) is 17.7 Å². The van der Waals surface area contributed by atoms with Gasteiger partial charge in [-0.2, -0.15) is 0 Å². The summed E-state index contributed by atoms with van der Waals surface area (Å²) in [6, 6.07) is 9.91. The molecule has 0 aliphatic heterocycles.